The molecule has 0 aliphatic heterocycles. The van der Waals surface area contributed by atoms with Gasteiger partial charge in [-0.25, -0.2) is 13.1 Å². The monoisotopic (exact) mass is 420 g/mol. The Morgan fingerprint density at radius 1 is 1.00 bits per heavy atom. The van der Waals surface area contributed by atoms with Crippen molar-refractivity contribution in [2.75, 3.05) is 13.1 Å². The predicted octanol–water partition coefficient (Wildman–Crippen LogP) is 4.11. The van der Waals surface area contributed by atoms with E-state index in [4.69, 9.17) is 0 Å². The van der Waals surface area contributed by atoms with Crippen LogP contribution in [0.25, 0.3) is 0 Å². The van der Waals surface area contributed by atoms with Crippen LogP contribution in [-0.2, 0) is 22.6 Å². The lowest BCUT2D eigenvalue weighted by Crippen LogP contribution is -2.46. The van der Waals surface area contributed by atoms with Gasteiger partial charge in [0.25, 0.3) is 0 Å². The maximum absolute atomic E-state index is 12.6. The molecule has 0 heterocycles. The Morgan fingerprint density at radius 2 is 1.57 bits per heavy atom. The fourth-order valence-corrected chi connectivity index (χ4v) is 4.31. The normalized spacial score (nSPS) is 21.6. The third-order valence-electron chi connectivity index (χ3n) is 5.28. The minimum atomic E-state index is -4.29. The zero-order valence-electron chi connectivity index (χ0n) is 16.8. The maximum atomic E-state index is 12.6. The van der Waals surface area contributed by atoms with Crippen LogP contribution in [0.15, 0.2) is 24.3 Å². The Labute approximate surface area is 166 Å². The Kier molecular flexibility index (Phi) is 7.56. The first-order chi connectivity index (χ1) is 12.9. The van der Waals surface area contributed by atoms with Crippen molar-refractivity contribution in [3.63, 3.8) is 0 Å². The standard InChI is InChI=1S/C20H31F3N2O2S/c1-19(2,3)28(26,27)25-18-10-6-16(7-11-18)14-24-13-12-15-4-8-17(9-5-15)20(21,22)23/h4-5,8-9,16,18,24-25H,6-7,10-14H2,1-3H3. The van der Waals surface area contributed by atoms with Crippen molar-refractivity contribution in [3.8, 4) is 0 Å². The summed E-state index contributed by atoms with van der Waals surface area (Å²) in [4.78, 5) is 0. The van der Waals surface area contributed by atoms with Gasteiger partial charge in [-0.15, -0.1) is 0 Å². The fraction of sp³-hybridized carbons (Fsp3) is 0.700. The number of halogens is 3. The second kappa shape index (κ2) is 9.13. The van der Waals surface area contributed by atoms with Crippen LogP contribution in [0, 0.1) is 5.92 Å². The van der Waals surface area contributed by atoms with Crippen molar-refractivity contribution in [1.82, 2.24) is 10.0 Å². The van der Waals surface area contributed by atoms with E-state index in [9.17, 15) is 21.6 Å². The second-order valence-electron chi connectivity index (χ2n) is 8.60. The molecule has 8 heteroatoms. The quantitative estimate of drug-likeness (QED) is 0.653. The zero-order chi connectivity index (χ0) is 21.0. The first-order valence-electron chi connectivity index (χ1n) is 9.77. The molecular weight excluding hydrogens is 389 g/mol. The molecule has 1 fully saturated rings. The summed E-state index contributed by atoms with van der Waals surface area (Å²) in [7, 11) is -3.31. The highest BCUT2D eigenvalue weighted by Gasteiger charge is 2.33. The zero-order valence-corrected chi connectivity index (χ0v) is 17.6. The van der Waals surface area contributed by atoms with Crippen LogP contribution >= 0.6 is 0 Å². The second-order valence-corrected chi connectivity index (χ2v) is 11.1. The summed E-state index contributed by atoms with van der Waals surface area (Å²) in [5.41, 5.74) is 0.254. The van der Waals surface area contributed by atoms with Crippen molar-refractivity contribution >= 4 is 10.0 Å². The SMILES string of the molecule is CC(C)(C)S(=O)(=O)NC1CCC(CNCCc2ccc(C(F)(F)F)cc2)CC1. The van der Waals surface area contributed by atoms with Gasteiger partial charge in [0, 0.05) is 6.04 Å². The van der Waals surface area contributed by atoms with Crippen LogP contribution < -0.4 is 10.0 Å². The van der Waals surface area contributed by atoms with Gasteiger partial charge >= 0.3 is 6.18 Å². The molecule has 0 aromatic heterocycles. The maximum Gasteiger partial charge on any atom is 0.416 e. The minimum Gasteiger partial charge on any atom is -0.316 e. The van der Waals surface area contributed by atoms with Gasteiger partial charge in [-0.2, -0.15) is 13.2 Å². The molecule has 160 valence electrons. The number of sulfonamides is 1. The average molecular weight is 421 g/mol. The van der Waals surface area contributed by atoms with E-state index in [1.807, 2.05) is 0 Å². The lowest BCUT2D eigenvalue weighted by Gasteiger charge is -2.31. The number of rotatable bonds is 7. The number of nitrogens with one attached hydrogen (secondary N) is 2. The summed E-state index contributed by atoms with van der Waals surface area (Å²) in [6.45, 7) is 6.64. The Balaban J connectivity index is 1.66. The number of benzene rings is 1. The summed E-state index contributed by atoms with van der Waals surface area (Å²) in [5.74, 6) is 0.503. The van der Waals surface area contributed by atoms with Gasteiger partial charge in [-0.3, -0.25) is 0 Å². The smallest absolute Gasteiger partial charge is 0.316 e. The van der Waals surface area contributed by atoms with E-state index in [0.717, 1.165) is 49.9 Å². The molecule has 2 N–H and O–H groups in total. The molecule has 1 aromatic carbocycles. The highest BCUT2D eigenvalue weighted by atomic mass is 32.2. The molecule has 0 atom stereocenters. The van der Waals surface area contributed by atoms with Crippen LogP contribution in [0.5, 0.6) is 0 Å². The molecular formula is C20H31F3N2O2S. The Bertz CT molecular complexity index is 717. The molecule has 0 unspecified atom stereocenters. The molecule has 28 heavy (non-hydrogen) atoms. The van der Waals surface area contributed by atoms with Crippen molar-refractivity contribution in [3.05, 3.63) is 35.4 Å². The van der Waals surface area contributed by atoms with E-state index in [0.29, 0.717) is 18.9 Å². The number of hydrogen-bond donors (Lipinski definition) is 2. The number of hydrogen-bond acceptors (Lipinski definition) is 3. The van der Waals surface area contributed by atoms with Gasteiger partial charge in [0.15, 0.2) is 0 Å². The molecule has 0 amide bonds. The van der Waals surface area contributed by atoms with Gasteiger partial charge in [0.2, 0.25) is 10.0 Å². The molecule has 1 aromatic rings. The van der Waals surface area contributed by atoms with E-state index in [-0.39, 0.29) is 6.04 Å². The highest BCUT2D eigenvalue weighted by molar-refractivity contribution is 7.90. The predicted molar refractivity (Wildman–Crippen MR) is 106 cm³/mol. The van der Waals surface area contributed by atoms with Crippen LogP contribution in [0.2, 0.25) is 0 Å². The summed E-state index contributed by atoms with van der Waals surface area (Å²) in [5, 5.41) is 3.37. The third-order valence-corrected chi connectivity index (χ3v) is 7.54. The van der Waals surface area contributed by atoms with Gasteiger partial charge in [0.05, 0.1) is 10.3 Å². The van der Waals surface area contributed by atoms with Crippen molar-refractivity contribution in [1.29, 1.82) is 0 Å². The number of alkyl halides is 3. The van der Waals surface area contributed by atoms with E-state index >= 15 is 0 Å². The Hall–Kier alpha value is -1.12. The average Bonchev–Trinajstić information content (AvgIpc) is 2.58. The van der Waals surface area contributed by atoms with Crippen LogP contribution in [0.1, 0.15) is 57.6 Å². The fourth-order valence-electron chi connectivity index (χ4n) is 3.28. The summed E-state index contributed by atoms with van der Waals surface area (Å²) in [6, 6.07) is 5.30. The van der Waals surface area contributed by atoms with Crippen molar-refractivity contribution in [2.45, 2.75) is 69.8 Å². The molecule has 0 saturated heterocycles. The Morgan fingerprint density at radius 3 is 2.07 bits per heavy atom. The van der Waals surface area contributed by atoms with Gasteiger partial charge in [-0.05, 0) is 89.6 Å². The van der Waals surface area contributed by atoms with Crippen molar-refractivity contribution in [2.24, 2.45) is 5.92 Å². The largest absolute Gasteiger partial charge is 0.416 e. The molecule has 2 rings (SSSR count). The molecule has 0 radical (unpaired) electrons. The van der Waals surface area contributed by atoms with Crippen molar-refractivity contribution < 1.29 is 21.6 Å². The molecule has 1 saturated carbocycles. The first-order valence-corrected chi connectivity index (χ1v) is 11.3. The summed E-state index contributed by atoms with van der Waals surface area (Å²) in [6.07, 6.45) is -0.0219. The lowest BCUT2D eigenvalue weighted by atomic mass is 9.86. The molecule has 0 spiro atoms. The van der Waals surface area contributed by atoms with E-state index in [1.165, 1.54) is 12.1 Å². The van der Waals surface area contributed by atoms with E-state index in [1.54, 1.807) is 20.8 Å². The van der Waals surface area contributed by atoms with Gasteiger partial charge < -0.3 is 5.32 Å². The lowest BCUT2D eigenvalue weighted by molar-refractivity contribution is -0.137. The van der Waals surface area contributed by atoms with E-state index < -0.39 is 26.5 Å². The van der Waals surface area contributed by atoms with Crippen LogP contribution in [-0.4, -0.2) is 32.3 Å². The topological polar surface area (TPSA) is 58.2 Å². The van der Waals surface area contributed by atoms with Gasteiger partial charge in [0.1, 0.15) is 0 Å². The minimum absolute atomic E-state index is 0.00706. The third kappa shape index (κ3) is 6.74. The van der Waals surface area contributed by atoms with E-state index in [2.05, 4.69) is 10.0 Å². The first kappa shape index (κ1) is 23.2. The summed E-state index contributed by atoms with van der Waals surface area (Å²) >= 11 is 0. The van der Waals surface area contributed by atoms with Crippen LogP contribution in [0.3, 0.4) is 0 Å². The molecule has 0 bridgehead atoms. The molecule has 1 aliphatic rings. The molecule has 1 aliphatic carbocycles. The van der Waals surface area contributed by atoms with Gasteiger partial charge in [-0.1, -0.05) is 12.1 Å². The molecule has 4 nitrogen and oxygen atoms in total. The highest BCUT2D eigenvalue weighted by Crippen LogP contribution is 2.29. The summed E-state index contributed by atoms with van der Waals surface area (Å²) < 4.78 is 64.2. The van der Waals surface area contributed by atoms with Crippen LogP contribution in [0.4, 0.5) is 13.2 Å².